The van der Waals surface area contributed by atoms with E-state index in [2.05, 4.69) is 31.7 Å². The Morgan fingerprint density at radius 3 is 2.76 bits per heavy atom. The standard InChI is InChI=1S/C25H23N7O2/c33-24-12-21(30-23-5-1-2-11-32(23)24)25(34)28-15-20-17-31-16-19(6-7-22(31)29-20)14-27-10-8-18-4-3-9-26-13-18/h1-7,9,11-13,16-17,27H,8,10,14-15H2,(H,28,34). The highest BCUT2D eigenvalue weighted by Gasteiger charge is 2.11. The zero-order valence-electron chi connectivity index (χ0n) is 18.4. The number of hydrogen-bond donors (Lipinski definition) is 2. The van der Waals surface area contributed by atoms with Crippen LogP contribution in [0.2, 0.25) is 0 Å². The maximum atomic E-state index is 12.6. The molecule has 0 aliphatic rings. The highest BCUT2D eigenvalue weighted by Crippen LogP contribution is 2.09. The van der Waals surface area contributed by atoms with Crippen molar-refractivity contribution in [2.75, 3.05) is 6.54 Å². The van der Waals surface area contributed by atoms with Gasteiger partial charge < -0.3 is 15.0 Å². The van der Waals surface area contributed by atoms with E-state index in [9.17, 15) is 9.59 Å². The van der Waals surface area contributed by atoms with Crippen LogP contribution in [0, 0.1) is 0 Å². The Hall–Kier alpha value is -4.37. The van der Waals surface area contributed by atoms with Crippen molar-refractivity contribution >= 4 is 17.2 Å². The Balaban J connectivity index is 1.19. The van der Waals surface area contributed by atoms with Crippen LogP contribution in [0.1, 0.15) is 27.3 Å². The molecule has 5 aromatic rings. The lowest BCUT2D eigenvalue weighted by molar-refractivity contribution is 0.0945. The van der Waals surface area contributed by atoms with Crippen molar-refractivity contribution in [3.05, 3.63) is 112 Å². The van der Waals surface area contributed by atoms with E-state index in [-0.39, 0.29) is 17.8 Å². The number of carbonyl (C=O) groups is 1. The first-order valence-corrected chi connectivity index (χ1v) is 11.0. The minimum absolute atomic E-state index is 0.0830. The Morgan fingerprint density at radius 2 is 1.88 bits per heavy atom. The predicted molar refractivity (Wildman–Crippen MR) is 127 cm³/mol. The number of carbonyl (C=O) groups excluding carboxylic acids is 1. The molecule has 170 valence electrons. The number of hydrogen-bond acceptors (Lipinski definition) is 6. The van der Waals surface area contributed by atoms with E-state index in [1.54, 1.807) is 30.6 Å². The number of imidazole rings is 1. The van der Waals surface area contributed by atoms with Crippen LogP contribution < -0.4 is 16.2 Å². The number of pyridine rings is 3. The second kappa shape index (κ2) is 9.63. The number of nitrogens with one attached hydrogen (secondary N) is 2. The van der Waals surface area contributed by atoms with Gasteiger partial charge in [0.05, 0.1) is 12.2 Å². The summed E-state index contributed by atoms with van der Waals surface area (Å²) in [6.45, 7) is 1.83. The molecule has 9 nitrogen and oxygen atoms in total. The van der Waals surface area contributed by atoms with Crippen molar-refractivity contribution in [2.24, 2.45) is 0 Å². The minimum atomic E-state index is -0.418. The number of nitrogens with zero attached hydrogens (tertiary/aromatic N) is 5. The van der Waals surface area contributed by atoms with E-state index in [1.807, 2.05) is 41.2 Å². The van der Waals surface area contributed by atoms with E-state index in [1.165, 1.54) is 16.0 Å². The molecule has 0 saturated carbocycles. The Labute approximate surface area is 195 Å². The molecule has 0 unspecified atom stereocenters. The lowest BCUT2D eigenvalue weighted by Gasteiger charge is -2.05. The van der Waals surface area contributed by atoms with E-state index in [0.717, 1.165) is 30.7 Å². The molecule has 0 saturated heterocycles. The first kappa shape index (κ1) is 21.5. The molecule has 0 fully saturated rings. The minimum Gasteiger partial charge on any atom is -0.345 e. The van der Waals surface area contributed by atoms with Crippen molar-refractivity contribution < 1.29 is 4.79 Å². The van der Waals surface area contributed by atoms with Gasteiger partial charge in [0.25, 0.3) is 11.5 Å². The van der Waals surface area contributed by atoms with Crippen LogP contribution in [0.4, 0.5) is 0 Å². The van der Waals surface area contributed by atoms with Gasteiger partial charge in [-0.15, -0.1) is 0 Å². The van der Waals surface area contributed by atoms with Crippen LogP contribution in [-0.4, -0.2) is 36.2 Å². The largest absolute Gasteiger partial charge is 0.345 e. The van der Waals surface area contributed by atoms with Crippen LogP contribution in [0.3, 0.4) is 0 Å². The summed E-state index contributed by atoms with van der Waals surface area (Å²) in [5, 5.41) is 6.24. The summed E-state index contributed by atoms with van der Waals surface area (Å²) in [5.74, 6) is -0.418. The summed E-state index contributed by atoms with van der Waals surface area (Å²) in [7, 11) is 0. The molecular formula is C25H23N7O2. The summed E-state index contributed by atoms with van der Waals surface area (Å²) in [5.41, 5.74) is 4.06. The van der Waals surface area contributed by atoms with Gasteiger partial charge in [0, 0.05) is 43.6 Å². The molecule has 0 aliphatic carbocycles. The summed E-state index contributed by atoms with van der Waals surface area (Å²) < 4.78 is 3.34. The summed E-state index contributed by atoms with van der Waals surface area (Å²) >= 11 is 0. The Kier molecular flexibility index (Phi) is 6.09. The Morgan fingerprint density at radius 1 is 0.941 bits per heavy atom. The van der Waals surface area contributed by atoms with Crippen molar-refractivity contribution in [2.45, 2.75) is 19.5 Å². The van der Waals surface area contributed by atoms with Gasteiger partial charge in [0.15, 0.2) is 0 Å². The third-order valence-corrected chi connectivity index (χ3v) is 5.44. The zero-order chi connectivity index (χ0) is 23.3. The predicted octanol–water partition coefficient (Wildman–Crippen LogP) is 2.00. The fraction of sp³-hybridized carbons (Fsp3) is 0.160. The maximum Gasteiger partial charge on any atom is 0.270 e. The quantitative estimate of drug-likeness (QED) is 0.348. The third-order valence-electron chi connectivity index (χ3n) is 5.44. The third kappa shape index (κ3) is 4.84. The molecule has 5 aromatic heterocycles. The lowest BCUT2D eigenvalue weighted by Crippen LogP contribution is -2.27. The molecule has 0 radical (unpaired) electrons. The molecular weight excluding hydrogens is 430 g/mol. The second-order valence-corrected chi connectivity index (χ2v) is 7.91. The molecule has 0 aliphatic heterocycles. The monoisotopic (exact) mass is 453 g/mol. The van der Waals surface area contributed by atoms with Gasteiger partial charge in [-0.1, -0.05) is 18.2 Å². The van der Waals surface area contributed by atoms with Crippen LogP contribution >= 0.6 is 0 Å². The molecule has 34 heavy (non-hydrogen) atoms. The first-order chi connectivity index (χ1) is 16.7. The van der Waals surface area contributed by atoms with Crippen LogP contribution in [0.5, 0.6) is 0 Å². The number of fused-ring (bicyclic) bond motifs is 2. The number of aromatic nitrogens is 5. The van der Waals surface area contributed by atoms with Gasteiger partial charge in [0.2, 0.25) is 0 Å². The zero-order valence-corrected chi connectivity index (χ0v) is 18.4. The highest BCUT2D eigenvalue weighted by atomic mass is 16.2. The normalized spacial score (nSPS) is 11.2. The summed E-state index contributed by atoms with van der Waals surface area (Å²) in [6, 6.07) is 14.4. The van der Waals surface area contributed by atoms with Gasteiger partial charge in [-0.3, -0.25) is 19.0 Å². The Bertz CT molecular complexity index is 1510. The molecule has 0 spiro atoms. The maximum absolute atomic E-state index is 12.6. The lowest BCUT2D eigenvalue weighted by atomic mass is 10.2. The summed E-state index contributed by atoms with van der Waals surface area (Å²) in [4.78, 5) is 37.7. The number of rotatable bonds is 8. The van der Waals surface area contributed by atoms with Crippen molar-refractivity contribution in [3.8, 4) is 0 Å². The van der Waals surface area contributed by atoms with Crippen LogP contribution in [0.25, 0.3) is 11.3 Å². The van der Waals surface area contributed by atoms with Gasteiger partial charge in [0.1, 0.15) is 17.0 Å². The van der Waals surface area contributed by atoms with E-state index >= 15 is 0 Å². The average Bonchev–Trinajstić information content (AvgIpc) is 3.28. The second-order valence-electron chi connectivity index (χ2n) is 7.91. The van der Waals surface area contributed by atoms with Gasteiger partial charge in [-0.05, 0) is 48.4 Å². The van der Waals surface area contributed by atoms with Gasteiger partial charge >= 0.3 is 0 Å². The van der Waals surface area contributed by atoms with Gasteiger partial charge in [-0.25, -0.2) is 9.97 Å². The van der Waals surface area contributed by atoms with E-state index in [0.29, 0.717) is 11.3 Å². The molecule has 0 bridgehead atoms. The fourth-order valence-electron chi connectivity index (χ4n) is 3.72. The SMILES string of the molecule is O=C(NCc1cn2cc(CNCCc3cccnc3)ccc2n1)c1cc(=O)n2ccccc2n1. The topological polar surface area (TPSA) is 106 Å². The van der Waals surface area contributed by atoms with Crippen LogP contribution in [-0.2, 0) is 19.5 Å². The number of amides is 1. The molecule has 9 heteroatoms. The van der Waals surface area contributed by atoms with E-state index < -0.39 is 5.91 Å². The van der Waals surface area contributed by atoms with E-state index in [4.69, 9.17) is 0 Å². The average molecular weight is 454 g/mol. The molecule has 0 atom stereocenters. The fourth-order valence-corrected chi connectivity index (χ4v) is 3.72. The molecule has 5 heterocycles. The molecule has 5 rings (SSSR count). The van der Waals surface area contributed by atoms with Crippen molar-refractivity contribution in [3.63, 3.8) is 0 Å². The molecule has 2 N–H and O–H groups in total. The van der Waals surface area contributed by atoms with Crippen LogP contribution in [0.15, 0.2) is 84.3 Å². The van der Waals surface area contributed by atoms with Crippen molar-refractivity contribution in [1.82, 2.24) is 34.4 Å². The first-order valence-electron chi connectivity index (χ1n) is 11.0. The van der Waals surface area contributed by atoms with Crippen molar-refractivity contribution in [1.29, 1.82) is 0 Å². The molecule has 0 aromatic carbocycles. The summed E-state index contributed by atoms with van der Waals surface area (Å²) in [6.07, 6.45) is 10.1. The smallest absolute Gasteiger partial charge is 0.270 e. The highest BCUT2D eigenvalue weighted by molar-refractivity contribution is 5.92. The molecule has 1 amide bonds. The van der Waals surface area contributed by atoms with Gasteiger partial charge in [-0.2, -0.15) is 0 Å².